The summed E-state index contributed by atoms with van der Waals surface area (Å²) in [6, 6.07) is 13.9. The van der Waals surface area contributed by atoms with E-state index in [1.165, 1.54) is 17.4 Å². The van der Waals surface area contributed by atoms with Crippen molar-refractivity contribution in [1.29, 1.82) is 0 Å². The van der Waals surface area contributed by atoms with Gasteiger partial charge in [-0.2, -0.15) is 0 Å². The first-order chi connectivity index (χ1) is 11.6. The van der Waals surface area contributed by atoms with Crippen LogP contribution in [0.1, 0.15) is 0 Å². The van der Waals surface area contributed by atoms with E-state index >= 15 is 0 Å². The van der Waals surface area contributed by atoms with Crippen LogP contribution in [0.2, 0.25) is 5.02 Å². The van der Waals surface area contributed by atoms with Gasteiger partial charge in [0.1, 0.15) is 0 Å². The molecule has 0 spiro atoms. The summed E-state index contributed by atoms with van der Waals surface area (Å²) in [5.74, 6) is 0.448. The van der Waals surface area contributed by atoms with Gasteiger partial charge in [0.2, 0.25) is 4.96 Å². The Morgan fingerprint density at radius 2 is 1.83 bits per heavy atom. The highest BCUT2D eigenvalue weighted by atomic mass is 35.5. The minimum Gasteiger partial charge on any atom is -0.265 e. The standard InChI is InChI=1S/C16H9ClN4O2S/c17-11-7-5-10(6-8-11)14-9-24-16-19-18-15(20(14)16)12-3-1-2-4-13(12)21(22)23/h1-9H. The van der Waals surface area contributed by atoms with Gasteiger partial charge in [0, 0.05) is 16.5 Å². The van der Waals surface area contributed by atoms with Crippen LogP contribution in [0.4, 0.5) is 5.69 Å². The molecule has 118 valence electrons. The topological polar surface area (TPSA) is 73.3 Å². The van der Waals surface area contributed by atoms with E-state index in [4.69, 9.17) is 11.6 Å². The number of nitro benzene ring substituents is 1. The Morgan fingerprint density at radius 3 is 2.58 bits per heavy atom. The summed E-state index contributed by atoms with van der Waals surface area (Å²) in [7, 11) is 0. The molecule has 8 heteroatoms. The number of halogens is 1. The van der Waals surface area contributed by atoms with Crippen molar-refractivity contribution in [2.75, 3.05) is 0 Å². The fraction of sp³-hybridized carbons (Fsp3) is 0. The number of thiazole rings is 1. The first kappa shape index (κ1) is 14.8. The van der Waals surface area contributed by atoms with Gasteiger partial charge < -0.3 is 0 Å². The molecule has 2 aromatic heterocycles. The monoisotopic (exact) mass is 356 g/mol. The molecule has 0 aliphatic rings. The van der Waals surface area contributed by atoms with Crippen LogP contribution in [-0.4, -0.2) is 19.5 Å². The van der Waals surface area contributed by atoms with E-state index in [2.05, 4.69) is 10.2 Å². The Kier molecular flexibility index (Phi) is 3.51. The first-order valence-electron chi connectivity index (χ1n) is 6.97. The Bertz CT molecular complexity index is 1060. The number of fused-ring (bicyclic) bond motifs is 1. The summed E-state index contributed by atoms with van der Waals surface area (Å²) < 4.78 is 1.83. The van der Waals surface area contributed by atoms with Crippen molar-refractivity contribution in [3.63, 3.8) is 0 Å². The number of benzene rings is 2. The second-order valence-electron chi connectivity index (χ2n) is 5.04. The molecule has 24 heavy (non-hydrogen) atoms. The van der Waals surface area contributed by atoms with Crippen molar-refractivity contribution >= 4 is 33.6 Å². The molecule has 0 unspecified atom stereocenters. The molecule has 6 nitrogen and oxygen atoms in total. The second-order valence-corrected chi connectivity index (χ2v) is 6.32. The van der Waals surface area contributed by atoms with Crippen LogP contribution in [0.5, 0.6) is 0 Å². The van der Waals surface area contributed by atoms with Crippen molar-refractivity contribution in [3.05, 3.63) is 69.0 Å². The van der Waals surface area contributed by atoms with Crippen LogP contribution in [0, 0.1) is 10.1 Å². The zero-order chi connectivity index (χ0) is 16.7. The fourth-order valence-electron chi connectivity index (χ4n) is 2.54. The minimum absolute atomic E-state index is 0.0000520. The van der Waals surface area contributed by atoms with Crippen LogP contribution < -0.4 is 0 Å². The van der Waals surface area contributed by atoms with Crippen molar-refractivity contribution in [3.8, 4) is 22.6 Å². The van der Waals surface area contributed by atoms with E-state index in [0.717, 1.165) is 11.3 Å². The van der Waals surface area contributed by atoms with Gasteiger partial charge in [0.15, 0.2) is 5.82 Å². The van der Waals surface area contributed by atoms with Crippen LogP contribution in [0.3, 0.4) is 0 Å². The van der Waals surface area contributed by atoms with Crippen molar-refractivity contribution in [2.45, 2.75) is 0 Å². The van der Waals surface area contributed by atoms with Gasteiger partial charge in [-0.1, -0.05) is 35.9 Å². The average molecular weight is 357 g/mol. The third kappa shape index (κ3) is 2.34. The van der Waals surface area contributed by atoms with Crippen LogP contribution in [-0.2, 0) is 0 Å². The molecule has 2 heterocycles. The van der Waals surface area contributed by atoms with E-state index in [1.54, 1.807) is 30.3 Å². The molecule has 0 fully saturated rings. The lowest BCUT2D eigenvalue weighted by atomic mass is 10.1. The Labute approximate surface area is 145 Å². The van der Waals surface area contributed by atoms with E-state index in [1.807, 2.05) is 21.9 Å². The number of aromatic nitrogens is 3. The third-order valence-corrected chi connectivity index (χ3v) is 4.70. The molecule has 2 aromatic carbocycles. The summed E-state index contributed by atoms with van der Waals surface area (Å²) >= 11 is 7.38. The second kappa shape index (κ2) is 5.70. The average Bonchev–Trinajstić information content (AvgIpc) is 3.17. The summed E-state index contributed by atoms with van der Waals surface area (Å²) in [4.78, 5) is 11.6. The molecule has 0 aliphatic heterocycles. The molecule has 0 saturated carbocycles. The molecule has 0 radical (unpaired) electrons. The lowest BCUT2D eigenvalue weighted by molar-refractivity contribution is -0.384. The van der Waals surface area contributed by atoms with E-state index < -0.39 is 4.92 Å². The predicted molar refractivity (Wildman–Crippen MR) is 93.4 cm³/mol. The van der Waals surface area contributed by atoms with Gasteiger partial charge >= 0.3 is 0 Å². The van der Waals surface area contributed by atoms with Gasteiger partial charge in [-0.05, 0) is 23.8 Å². The van der Waals surface area contributed by atoms with Crippen LogP contribution in [0.25, 0.3) is 27.6 Å². The number of para-hydroxylation sites is 1. The summed E-state index contributed by atoms with van der Waals surface area (Å²) in [6.07, 6.45) is 0. The molecule has 0 aliphatic carbocycles. The van der Waals surface area contributed by atoms with E-state index in [9.17, 15) is 10.1 Å². The SMILES string of the molecule is O=[N+]([O-])c1ccccc1-c1nnc2scc(-c3ccc(Cl)cc3)n12. The summed E-state index contributed by atoms with van der Waals surface area (Å²) in [5, 5.41) is 22.2. The molecular weight excluding hydrogens is 348 g/mol. The molecular formula is C16H9ClN4O2S. The first-order valence-corrected chi connectivity index (χ1v) is 8.23. The van der Waals surface area contributed by atoms with Crippen LogP contribution in [0.15, 0.2) is 53.9 Å². The molecule has 0 bridgehead atoms. The van der Waals surface area contributed by atoms with Crippen LogP contribution >= 0.6 is 22.9 Å². The van der Waals surface area contributed by atoms with E-state index in [-0.39, 0.29) is 5.69 Å². The normalized spacial score (nSPS) is 11.0. The quantitative estimate of drug-likeness (QED) is 0.394. The highest BCUT2D eigenvalue weighted by molar-refractivity contribution is 7.15. The fourth-order valence-corrected chi connectivity index (χ4v) is 3.50. The molecule has 4 aromatic rings. The lowest BCUT2D eigenvalue weighted by Gasteiger charge is -2.04. The Morgan fingerprint density at radius 1 is 1.08 bits per heavy atom. The summed E-state index contributed by atoms with van der Waals surface area (Å²) in [5.41, 5.74) is 2.23. The molecule has 4 rings (SSSR count). The van der Waals surface area contributed by atoms with Crippen molar-refractivity contribution in [2.24, 2.45) is 0 Å². The van der Waals surface area contributed by atoms with Gasteiger partial charge in [-0.15, -0.1) is 21.5 Å². The van der Waals surface area contributed by atoms with E-state index in [0.29, 0.717) is 21.4 Å². The lowest BCUT2D eigenvalue weighted by Crippen LogP contribution is -1.96. The zero-order valence-corrected chi connectivity index (χ0v) is 13.7. The highest BCUT2D eigenvalue weighted by Crippen LogP contribution is 2.34. The Balaban J connectivity index is 1.97. The predicted octanol–water partition coefficient (Wildman–Crippen LogP) is 4.69. The van der Waals surface area contributed by atoms with Gasteiger partial charge in [-0.25, -0.2) is 0 Å². The smallest absolute Gasteiger partial charge is 0.265 e. The molecule has 0 amide bonds. The number of hydrogen-bond donors (Lipinski definition) is 0. The number of nitrogens with zero attached hydrogens (tertiary/aromatic N) is 4. The Hall–Kier alpha value is -2.77. The molecule has 0 N–H and O–H groups in total. The minimum atomic E-state index is -0.412. The maximum Gasteiger partial charge on any atom is 0.280 e. The number of hydrogen-bond acceptors (Lipinski definition) is 5. The number of rotatable bonds is 3. The summed E-state index contributed by atoms with van der Waals surface area (Å²) in [6.45, 7) is 0. The maximum absolute atomic E-state index is 11.3. The maximum atomic E-state index is 11.3. The van der Waals surface area contributed by atoms with Gasteiger partial charge in [-0.3, -0.25) is 14.5 Å². The third-order valence-electron chi connectivity index (χ3n) is 3.63. The largest absolute Gasteiger partial charge is 0.280 e. The van der Waals surface area contributed by atoms with Gasteiger partial charge in [0.25, 0.3) is 5.69 Å². The zero-order valence-electron chi connectivity index (χ0n) is 12.1. The number of nitro groups is 1. The molecule has 0 saturated heterocycles. The molecule has 0 atom stereocenters. The van der Waals surface area contributed by atoms with Gasteiger partial charge in [0.05, 0.1) is 16.2 Å². The van der Waals surface area contributed by atoms with Crippen molar-refractivity contribution < 1.29 is 4.92 Å². The van der Waals surface area contributed by atoms with Crippen molar-refractivity contribution in [1.82, 2.24) is 14.6 Å². The highest BCUT2D eigenvalue weighted by Gasteiger charge is 2.21.